The van der Waals surface area contributed by atoms with Gasteiger partial charge in [0, 0.05) is 24.2 Å². The van der Waals surface area contributed by atoms with Crippen molar-refractivity contribution in [2.75, 3.05) is 0 Å². The van der Waals surface area contributed by atoms with E-state index in [9.17, 15) is 0 Å². The third kappa shape index (κ3) is 3.44. The summed E-state index contributed by atoms with van der Waals surface area (Å²) in [5.74, 6) is 0. The van der Waals surface area contributed by atoms with E-state index in [0.717, 1.165) is 0 Å². The van der Waals surface area contributed by atoms with E-state index < -0.39 is 0 Å². The van der Waals surface area contributed by atoms with Crippen LogP contribution in [0.3, 0.4) is 0 Å². The van der Waals surface area contributed by atoms with Crippen molar-refractivity contribution in [1.29, 1.82) is 0 Å². The maximum Gasteiger partial charge on any atom is 0.0656 e. The molecule has 0 aliphatic heterocycles. The Morgan fingerprint density at radius 3 is 0.938 bits per heavy atom. The van der Waals surface area contributed by atoms with E-state index in [2.05, 4.69) is 0 Å². The summed E-state index contributed by atoms with van der Waals surface area (Å²) in [6.45, 7) is 0.365. The van der Waals surface area contributed by atoms with Gasteiger partial charge >= 0.3 is 0 Å². The van der Waals surface area contributed by atoms with Gasteiger partial charge in [0.05, 0.1) is 20.1 Å². The average Bonchev–Trinajstić information content (AvgIpc) is 2.17. The SMILES string of the molecule is Cl.Cl.NCc1c(Cl)c(Cl)c(CN)c(Cl)c1Cl. The first-order valence-electron chi connectivity index (χ1n) is 3.78. The van der Waals surface area contributed by atoms with Crippen LogP contribution < -0.4 is 11.5 Å². The summed E-state index contributed by atoms with van der Waals surface area (Å²) in [7, 11) is 0. The lowest BCUT2D eigenvalue weighted by Gasteiger charge is -2.13. The van der Waals surface area contributed by atoms with Gasteiger partial charge in [0.2, 0.25) is 0 Å². The maximum absolute atomic E-state index is 5.94. The fourth-order valence-corrected chi connectivity index (χ4v) is 2.32. The summed E-state index contributed by atoms with van der Waals surface area (Å²) >= 11 is 23.8. The number of benzene rings is 1. The van der Waals surface area contributed by atoms with Crippen LogP contribution in [0, 0.1) is 0 Å². The molecular weight excluding hydrogens is 337 g/mol. The first kappa shape index (κ1) is 19.2. The van der Waals surface area contributed by atoms with Gasteiger partial charge in [-0.05, 0) is 0 Å². The molecule has 0 aliphatic rings. The zero-order chi connectivity index (χ0) is 10.9. The predicted octanol–water partition coefficient (Wildman–Crippen LogP) is 4.06. The lowest BCUT2D eigenvalue weighted by Crippen LogP contribution is -2.04. The van der Waals surface area contributed by atoms with Crippen LogP contribution >= 0.6 is 71.2 Å². The van der Waals surface area contributed by atoms with Crippen molar-refractivity contribution in [3.63, 3.8) is 0 Å². The highest BCUT2D eigenvalue weighted by molar-refractivity contribution is 6.48. The number of halogens is 6. The highest BCUT2D eigenvalue weighted by Gasteiger charge is 2.17. The van der Waals surface area contributed by atoms with Crippen molar-refractivity contribution in [3.05, 3.63) is 31.2 Å². The molecule has 4 N–H and O–H groups in total. The lowest BCUT2D eigenvalue weighted by molar-refractivity contribution is 1.04. The average molecular weight is 347 g/mol. The molecule has 2 nitrogen and oxygen atoms in total. The van der Waals surface area contributed by atoms with Crippen molar-refractivity contribution in [3.8, 4) is 0 Å². The molecule has 0 radical (unpaired) electrons. The van der Waals surface area contributed by atoms with Crippen LogP contribution in [-0.4, -0.2) is 0 Å². The molecule has 0 spiro atoms. The Kier molecular flexibility index (Phi) is 9.69. The molecule has 0 aromatic heterocycles. The summed E-state index contributed by atoms with van der Waals surface area (Å²) in [6.07, 6.45) is 0. The standard InChI is InChI=1S/C8H8Cl4N2.2ClH/c9-5-3(1-13)6(10)8(12)4(2-14)7(5)11;;/h1-2,13-14H2;2*1H. The Bertz CT molecular complexity index is 304. The van der Waals surface area contributed by atoms with Gasteiger partial charge in [-0.15, -0.1) is 24.8 Å². The zero-order valence-corrected chi connectivity index (χ0v) is 12.6. The molecule has 8 heteroatoms. The van der Waals surface area contributed by atoms with Crippen molar-refractivity contribution >= 4 is 71.2 Å². The minimum atomic E-state index is 0. The molecule has 0 amide bonds. The summed E-state index contributed by atoms with van der Waals surface area (Å²) in [5, 5.41) is 1.29. The van der Waals surface area contributed by atoms with Crippen molar-refractivity contribution in [2.24, 2.45) is 11.5 Å². The first-order chi connectivity index (χ1) is 6.54. The molecule has 0 heterocycles. The minimum Gasteiger partial charge on any atom is -0.326 e. The smallest absolute Gasteiger partial charge is 0.0656 e. The second-order valence-electron chi connectivity index (χ2n) is 2.62. The molecule has 0 atom stereocenters. The van der Waals surface area contributed by atoms with Gasteiger partial charge in [-0.1, -0.05) is 46.4 Å². The third-order valence-corrected chi connectivity index (χ3v) is 3.72. The number of hydrogen-bond acceptors (Lipinski definition) is 2. The molecule has 16 heavy (non-hydrogen) atoms. The molecule has 1 rings (SSSR count). The van der Waals surface area contributed by atoms with Gasteiger partial charge in [-0.3, -0.25) is 0 Å². The van der Waals surface area contributed by atoms with Crippen LogP contribution in [0.2, 0.25) is 20.1 Å². The highest BCUT2D eigenvalue weighted by atomic mass is 35.5. The van der Waals surface area contributed by atoms with Crippen molar-refractivity contribution in [1.82, 2.24) is 0 Å². The van der Waals surface area contributed by atoms with Crippen LogP contribution in [0.4, 0.5) is 0 Å². The van der Waals surface area contributed by atoms with Crippen LogP contribution in [-0.2, 0) is 13.1 Å². The van der Waals surface area contributed by atoms with Gasteiger partial charge in [0.25, 0.3) is 0 Å². The summed E-state index contributed by atoms with van der Waals surface area (Å²) in [5.41, 5.74) is 12.0. The monoisotopic (exact) mass is 344 g/mol. The largest absolute Gasteiger partial charge is 0.326 e. The summed E-state index contributed by atoms with van der Waals surface area (Å²) in [4.78, 5) is 0. The Hall–Kier alpha value is 0.880. The Morgan fingerprint density at radius 2 is 0.812 bits per heavy atom. The van der Waals surface area contributed by atoms with E-state index in [4.69, 9.17) is 57.9 Å². The molecule has 1 aromatic carbocycles. The van der Waals surface area contributed by atoms with Crippen LogP contribution in [0.15, 0.2) is 0 Å². The van der Waals surface area contributed by atoms with Gasteiger partial charge < -0.3 is 11.5 Å². The molecule has 0 aliphatic carbocycles. The van der Waals surface area contributed by atoms with Crippen molar-refractivity contribution in [2.45, 2.75) is 13.1 Å². The minimum absolute atomic E-state index is 0. The molecule has 1 aromatic rings. The van der Waals surface area contributed by atoms with Gasteiger partial charge in [-0.2, -0.15) is 0 Å². The molecule has 0 saturated heterocycles. The number of nitrogens with two attached hydrogens (primary N) is 2. The van der Waals surface area contributed by atoms with E-state index in [1.807, 2.05) is 0 Å². The van der Waals surface area contributed by atoms with Crippen LogP contribution in [0.5, 0.6) is 0 Å². The third-order valence-electron chi connectivity index (χ3n) is 1.85. The van der Waals surface area contributed by atoms with E-state index in [1.54, 1.807) is 0 Å². The lowest BCUT2D eigenvalue weighted by atomic mass is 10.1. The van der Waals surface area contributed by atoms with E-state index >= 15 is 0 Å². The first-order valence-corrected chi connectivity index (χ1v) is 5.29. The molecule has 0 fully saturated rings. The highest BCUT2D eigenvalue weighted by Crippen LogP contribution is 2.40. The van der Waals surface area contributed by atoms with Crippen LogP contribution in [0.1, 0.15) is 11.1 Å². The molecule has 0 bridgehead atoms. The second-order valence-corrected chi connectivity index (χ2v) is 4.13. The Morgan fingerprint density at radius 1 is 0.625 bits per heavy atom. The fraction of sp³-hybridized carbons (Fsp3) is 0.250. The van der Waals surface area contributed by atoms with Crippen molar-refractivity contribution < 1.29 is 0 Å². The molecular formula is C8H10Cl6N2. The fourth-order valence-electron chi connectivity index (χ4n) is 1.08. The molecule has 0 saturated carbocycles. The number of hydrogen-bond donors (Lipinski definition) is 2. The summed E-state index contributed by atoms with van der Waals surface area (Å²) in [6, 6.07) is 0. The van der Waals surface area contributed by atoms with Crippen LogP contribution in [0.25, 0.3) is 0 Å². The van der Waals surface area contributed by atoms with Gasteiger partial charge in [-0.25, -0.2) is 0 Å². The summed E-state index contributed by atoms with van der Waals surface area (Å²) < 4.78 is 0. The topological polar surface area (TPSA) is 52.0 Å². The van der Waals surface area contributed by atoms with E-state index in [0.29, 0.717) is 31.2 Å². The Labute approximate surface area is 126 Å². The predicted molar refractivity (Wildman–Crippen MR) is 76.8 cm³/mol. The maximum atomic E-state index is 5.94. The zero-order valence-electron chi connectivity index (χ0n) is 7.90. The normalized spacial score (nSPS) is 9.38. The quantitative estimate of drug-likeness (QED) is 0.793. The molecule has 94 valence electrons. The van der Waals surface area contributed by atoms with Gasteiger partial charge in [0.1, 0.15) is 0 Å². The molecule has 0 unspecified atom stereocenters. The second kappa shape index (κ2) is 8.06. The van der Waals surface area contributed by atoms with Gasteiger partial charge in [0.15, 0.2) is 0 Å². The van der Waals surface area contributed by atoms with E-state index in [-0.39, 0.29) is 37.9 Å². The van der Waals surface area contributed by atoms with E-state index in [1.165, 1.54) is 0 Å². The number of rotatable bonds is 2. The Balaban J connectivity index is 0.